The number of aliphatic hydroxyl groups is 1. The Morgan fingerprint density at radius 2 is 1.89 bits per heavy atom. The normalized spacial score (nSPS) is 31.3. The lowest BCUT2D eigenvalue weighted by Crippen LogP contribution is -2.49. The minimum atomic E-state index is -0.657. The number of nitrogens with one attached hydrogen (secondary N) is 3. The summed E-state index contributed by atoms with van der Waals surface area (Å²) in [6.07, 6.45) is 3.28. The third-order valence-electron chi connectivity index (χ3n) is 8.40. The smallest absolute Gasteiger partial charge is 0.238 e. The van der Waals surface area contributed by atoms with E-state index in [0.29, 0.717) is 30.0 Å². The number of hydrogen-bond donors (Lipinski definition) is 4. The van der Waals surface area contributed by atoms with Crippen LogP contribution in [0, 0.1) is 11.2 Å². The van der Waals surface area contributed by atoms with E-state index in [1.807, 2.05) is 18.2 Å². The monoisotopic (exact) mass is 547 g/mol. The third kappa shape index (κ3) is 4.98. The molecule has 37 heavy (non-hydrogen) atoms. The average molecular weight is 549 g/mol. The lowest BCUT2D eigenvalue weighted by atomic mass is 9.63. The predicted octanol–water partition coefficient (Wildman–Crippen LogP) is 5.78. The van der Waals surface area contributed by atoms with Crippen LogP contribution in [0.4, 0.5) is 10.1 Å². The van der Waals surface area contributed by atoms with Crippen LogP contribution in [0.15, 0.2) is 36.4 Å². The van der Waals surface area contributed by atoms with Gasteiger partial charge in [-0.25, -0.2) is 4.39 Å². The topological polar surface area (TPSA) is 73.4 Å². The van der Waals surface area contributed by atoms with Gasteiger partial charge in [0, 0.05) is 40.7 Å². The number of aliphatic hydroxyl groups excluding tert-OH is 1. The van der Waals surface area contributed by atoms with Crippen LogP contribution in [0.5, 0.6) is 0 Å². The fourth-order valence-electron chi connectivity index (χ4n) is 6.78. The number of carbonyl (C=O) groups excluding carboxylic acids is 1. The van der Waals surface area contributed by atoms with Gasteiger partial charge in [-0.05, 0) is 66.8 Å². The number of halogens is 3. The van der Waals surface area contributed by atoms with Crippen molar-refractivity contribution in [1.82, 2.24) is 10.6 Å². The molecule has 200 valence electrons. The molecule has 1 spiro atoms. The van der Waals surface area contributed by atoms with Crippen molar-refractivity contribution in [3.05, 3.63) is 63.4 Å². The van der Waals surface area contributed by atoms with Crippen LogP contribution in [0.3, 0.4) is 0 Å². The lowest BCUT2D eigenvalue weighted by molar-refractivity contribution is -0.124. The summed E-state index contributed by atoms with van der Waals surface area (Å²) in [5, 5.41) is 21.0. The Morgan fingerprint density at radius 3 is 2.59 bits per heavy atom. The Balaban J connectivity index is 1.63. The molecule has 3 aliphatic rings. The van der Waals surface area contributed by atoms with Crippen molar-refractivity contribution in [2.24, 2.45) is 5.41 Å². The highest BCUT2D eigenvalue weighted by Gasteiger charge is 2.61. The second-order valence-electron chi connectivity index (χ2n) is 12.2. The zero-order valence-corrected chi connectivity index (χ0v) is 23.1. The van der Waals surface area contributed by atoms with Crippen LogP contribution >= 0.6 is 23.2 Å². The van der Waals surface area contributed by atoms with Gasteiger partial charge in [0.1, 0.15) is 5.82 Å². The van der Waals surface area contributed by atoms with E-state index in [-0.39, 0.29) is 34.5 Å². The number of amides is 1. The average Bonchev–Trinajstić information content (AvgIpc) is 3.35. The summed E-state index contributed by atoms with van der Waals surface area (Å²) in [6.45, 7) is 7.10. The fraction of sp³-hybridized carbons (Fsp3) is 0.552. The molecule has 2 aromatic carbocycles. The van der Waals surface area contributed by atoms with Crippen molar-refractivity contribution in [1.29, 1.82) is 0 Å². The van der Waals surface area contributed by atoms with Gasteiger partial charge in [0.25, 0.3) is 0 Å². The molecule has 2 fully saturated rings. The first-order valence-electron chi connectivity index (χ1n) is 13.2. The fourth-order valence-corrected chi connectivity index (χ4v) is 7.13. The second kappa shape index (κ2) is 10.0. The van der Waals surface area contributed by atoms with Crippen molar-refractivity contribution in [2.75, 3.05) is 11.9 Å². The van der Waals surface area contributed by atoms with E-state index in [1.165, 1.54) is 0 Å². The molecule has 4 N–H and O–H groups in total. The number of benzene rings is 2. The largest absolute Gasteiger partial charge is 0.393 e. The molecule has 5 nitrogen and oxygen atoms in total. The van der Waals surface area contributed by atoms with Crippen LogP contribution in [0.25, 0.3) is 0 Å². The van der Waals surface area contributed by atoms with Gasteiger partial charge in [-0.1, -0.05) is 62.2 Å². The highest BCUT2D eigenvalue weighted by molar-refractivity contribution is 6.31. The zero-order chi connectivity index (χ0) is 26.5. The third-order valence-corrected chi connectivity index (χ3v) is 8.93. The van der Waals surface area contributed by atoms with Gasteiger partial charge in [0.2, 0.25) is 5.91 Å². The van der Waals surface area contributed by atoms with Gasteiger partial charge in [-0.15, -0.1) is 0 Å². The maximum atomic E-state index is 15.8. The Bertz CT molecular complexity index is 1180. The summed E-state index contributed by atoms with van der Waals surface area (Å²) >= 11 is 12.6. The van der Waals surface area contributed by atoms with E-state index in [9.17, 15) is 9.90 Å². The molecule has 1 saturated heterocycles. The van der Waals surface area contributed by atoms with Crippen LogP contribution < -0.4 is 16.0 Å². The molecule has 0 unspecified atom stereocenters. The molecular formula is C29H36Cl2FN3O2. The molecule has 4 atom stereocenters. The summed E-state index contributed by atoms with van der Waals surface area (Å²) in [5.41, 5.74) is 1.77. The number of anilines is 1. The van der Waals surface area contributed by atoms with Gasteiger partial charge in [-0.2, -0.15) is 0 Å². The molecule has 0 aromatic heterocycles. The highest BCUT2D eigenvalue weighted by Crippen LogP contribution is 2.56. The molecule has 1 saturated carbocycles. The summed E-state index contributed by atoms with van der Waals surface area (Å²) in [5.74, 6) is -1.11. The molecule has 1 amide bonds. The van der Waals surface area contributed by atoms with Crippen molar-refractivity contribution in [3.8, 4) is 0 Å². The molecule has 5 rings (SSSR count). The van der Waals surface area contributed by atoms with Crippen LogP contribution in [-0.2, 0) is 10.2 Å². The highest BCUT2D eigenvalue weighted by atomic mass is 35.5. The summed E-state index contributed by atoms with van der Waals surface area (Å²) < 4.78 is 15.8. The lowest BCUT2D eigenvalue weighted by Gasteiger charge is -2.39. The van der Waals surface area contributed by atoms with Crippen LogP contribution in [0.1, 0.15) is 69.9 Å². The standard InChI is InChI=1S/C29H36Cl2FN3O2/c1-28(2,3)14-23-29(15-33-22-13-16(30)7-12-20(22)29)24(19-5-4-6-21(31)25(19)32)26(35-23)27(37)34-17-8-10-18(36)11-9-17/h4-7,12-13,17-18,23-24,26,33,35-36H,8-11,14-15H2,1-3H3,(H,34,37)/t17?,18?,23-,24-,26+,29+/m0/s1. The minimum Gasteiger partial charge on any atom is -0.393 e. The first kappa shape index (κ1) is 26.7. The van der Waals surface area contributed by atoms with Crippen molar-refractivity contribution >= 4 is 34.8 Å². The van der Waals surface area contributed by atoms with E-state index in [2.05, 4.69) is 36.7 Å². The number of fused-ring (bicyclic) bond motifs is 2. The Morgan fingerprint density at radius 1 is 1.16 bits per heavy atom. The Hall–Kier alpha value is -1.86. The van der Waals surface area contributed by atoms with E-state index in [0.717, 1.165) is 30.5 Å². The summed E-state index contributed by atoms with van der Waals surface area (Å²) in [7, 11) is 0. The SMILES string of the molecule is CC(C)(C)C[C@@H]1N[C@@H](C(=O)NC2CCC(O)CC2)[C@H](c2cccc(Cl)c2F)[C@@]12CNc1cc(Cl)ccc12. The molecular weight excluding hydrogens is 512 g/mol. The molecule has 2 aromatic rings. The first-order chi connectivity index (χ1) is 17.5. The van der Waals surface area contributed by atoms with Crippen molar-refractivity contribution in [3.63, 3.8) is 0 Å². The van der Waals surface area contributed by atoms with E-state index in [4.69, 9.17) is 23.2 Å². The number of hydrogen-bond acceptors (Lipinski definition) is 4. The predicted molar refractivity (Wildman–Crippen MR) is 147 cm³/mol. The van der Waals surface area contributed by atoms with Gasteiger partial charge in [-0.3, -0.25) is 4.79 Å². The first-order valence-corrected chi connectivity index (χ1v) is 14.0. The van der Waals surface area contributed by atoms with E-state index >= 15 is 4.39 Å². The van der Waals surface area contributed by atoms with Crippen molar-refractivity contribution < 1.29 is 14.3 Å². The maximum Gasteiger partial charge on any atom is 0.238 e. The number of rotatable bonds is 4. The molecule has 2 aliphatic heterocycles. The van der Waals surface area contributed by atoms with Crippen LogP contribution in [-0.4, -0.2) is 41.8 Å². The Labute approximate surface area is 228 Å². The van der Waals surface area contributed by atoms with Gasteiger partial charge in [0.15, 0.2) is 0 Å². The number of carbonyl (C=O) groups is 1. The Kier molecular flexibility index (Phi) is 7.25. The van der Waals surface area contributed by atoms with Gasteiger partial charge < -0.3 is 21.1 Å². The second-order valence-corrected chi connectivity index (χ2v) is 13.0. The zero-order valence-electron chi connectivity index (χ0n) is 21.6. The van der Waals surface area contributed by atoms with Gasteiger partial charge >= 0.3 is 0 Å². The maximum absolute atomic E-state index is 15.8. The van der Waals surface area contributed by atoms with E-state index in [1.54, 1.807) is 18.2 Å². The van der Waals surface area contributed by atoms with Crippen molar-refractivity contribution in [2.45, 2.75) is 88.4 Å². The molecule has 0 radical (unpaired) electrons. The van der Waals surface area contributed by atoms with Gasteiger partial charge in [0.05, 0.1) is 17.2 Å². The molecule has 8 heteroatoms. The molecule has 2 heterocycles. The minimum absolute atomic E-state index is 0.00651. The van der Waals surface area contributed by atoms with E-state index < -0.39 is 23.2 Å². The quantitative estimate of drug-likeness (QED) is 0.391. The summed E-state index contributed by atoms with van der Waals surface area (Å²) in [4.78, 5) is 14.0. The molecule has 1 aliphatic carbocycles. The molecule has 0 bridgehead atoms. The summed E-state index contributed by atoms with van der Waals surface area (Å²) in [6, 6.07) is 10.1. The van der Waals surface area contributed by atoms with Crippen LogP contribution in [0.2, 0.25) is 10.0 Å².